The Bertz CT molecular complexity index is 317. The van der Waals surface area contributed by atoms with Gasteiger partial charge in [0.15, 0.2) is 0 Å². The van der Waals surface area contributed by atoms with Crippen molar-refractivity contribution < 1.29 is 8.78 Å². The van der Waals surface area contributed by atoms with Gasteiger partial charge in [-0.2, -0.15) is 0 Å². The topological polar surface area (TPSA) is 0 Å². The average Bonchev–Trinajstić information content (AvgIpc) is 2.12. The van der Waals surface area contributed by atoms with Crippen molar-refractivity contribution in [1.29, 1.82) is 0 Å². The summed E-state index contributed by atoms with van der Waals surface area (Å²) in [5.74, 6) is -0.377. The molecule has 1 fully saturated rings. The third-order valence-electron chi connectivity index (χ3n) is 3.18. The zero-order valence-corrected chi connectivity index (χ0v) is 9.88. The second-order valence-corrected chi connectivity index (χ2v) is 5.02. The molecule has 1 aromatic rings. The summed E-state index contributed by atoms with van der Waals surface area (Å²) in [6.45, 7) is 0. The van der Waals surface area contributed by atoms with Crippen LogP contribution in [0.15, 0.2) is 28.7 Å². The lowest BCUT2D eigenvalue weighted by molar-refractivity contribution is 0.0617. The molecule has 1 saturated carbocycles. The maximum absolute atomic E-state index is 12.9. The molecule has 0 aromatic heterocycles. The van der Waals surface area contributed by atoms with E-state index >= 15 is 0 Å². The van der Waals surface area contributed by atoms with Gasteiger partial charge in [-0.3, -0.25) is 0 Å². The minimum absolute atomic E-state index is 0.186. The van der Waals surface area contributed by atoms with Gasteiger partial charge in [-0.15, -0.1) is 0 Å². The highest BCUT2D eigenvalue weighted by molar-refractivity contribution is 9.10. The minimum Gasteiger partial charge on any atom is -0.210 e. The van der Waals surface area contributed by atoms with Crippen LogP contribution in [0, 0.1) is 5.92 Å². The van der Waals surface area contributed by atoms with Gasteiger partial charge in [0.05, 0.1) is 0 Å². The quantitative estimate of drug-likeness (QED) is 0.756. The van der Waals surface area contributed by atoms with E-state index in [9.17, 15) is 8.78 Å². The van der Waals surface area contributed by atoms with Crippen LogP contribution in [0.5, 0.6) is 0 Å². The van der Waals surface area contributed by atoms with Gasteiger partial charge in [0, 0.05) is 10.4 Å². The largest absolute Gasteiger partial charge is 0.245 e. The molecule has 1 atom stereocenters. The van der Waals surface area contributed by atoms with Crippen molar-refractivity contribution in [2.75, 3.05) is 0 Å². The van der Waals surface area contributed by atoms with E-state index in [0.29, 0.717) is 0 Å². The summed E-state index contributed by atoms with van der Waals surface area (Å²) in [5, 5.41) is 0. The standard InChI is InChI=1S/C12H13BrF2/c13-10-6-4-9(5-7-10)11(12(14)15)8-2-1-3-8/h4-8,11-12H,1-3H2. The van der Waals surface area contributed by atoms with Gasteiger partial charge in [0.2, 0.25) is 6.43 Å². The molecule has 0 saturated heterocycles. The van der Waals surface area contributed by atoms with Crippen LogP contribution in [-0.2, 0) is 0 Å². The molecule has 0 bridgehead atoms. The summed E-state index contributed by atoms with van der Waals surface area (Å²) in [6.07, 6.45) is 0.761. The van der Waals surface area contributed by atoms with E-state index in [1.807, 2.05) is 12.1 Å². The van der Waals surface area contributed by atoms with E-state index < -0.39 is 12.3 Å². The Balaban J connectivity index is 2.19. The summed E-state index contributed by atoms with van der Waals surface area (Å²) in [4.78, 5) is 0. The minimum atomic E-state index is -2.24. The highest BCUT2D eigenvalue weighted by Gasteiger charge is 2.34. The molecule has 1 aliphatic rings. The molecule has 15 heavy (non-hydrogen) atoms. The highest BCUT2D eigenvalue weighted by Crippen LogP contribution is 2.42. The second-order valence-electron chi connectivity index (χ2n) is 4.10. The molecule has 0 N–H and O–H groups in total. The van der Waals surface area contributed by atoms with Gasteiger partial charge < -0.3 is 0 Å². The molecule has 0 spiro atoms. The number of halogens is 3. The zero-order valence-electron chi connectivity index (χ0n) is 8.30. The van der Waals surface area contributed by atoms with Gasteiger partial charge in [-0.05, 0) is 36.5 Å². The molecule has 0 aliphatic heterocycles. The molecule has 0 radical (unpaired) electrons. The fourth-order valence-corrected chi connectivity index (χ4v) is 2.37. The smallest absolute Gasteiger partial charge is 0.210 e. The lowest BCUT2D eigenvalue weighted by Gasteiger charge is -2.33. The molecular weight excluding hydrogens is 262 g/mol. The molecule has 0 nitrogen and oxygen atoms in total. The summed E-state index contributed by atoms with van der Waals surface area (Å²) in [7, 11) is 0. The van der Waals surface area contributed by atoms with Crippen molar-refractivity contribution in [1.82, 2.24) is 0 Å². The Morgan fingerprint density at radius 2 is 1.73 bits per heavy atom. The van der Waals surface area contributed by atoms with Gasteiger partial charge >= 0.3 is 0 Å². The number of alkyl halides is 2. The summed E-state index contributed by atoms with van der Waals surface area (Å²) in [5.41, 5.74) is 0.776. The van der Waals surface area contributed by atoms with Crippen LogP contribution in [0.3, 0.4) is 0 Å². The van der Waals surface area contributed by atoms with Gasteiger partial charge in [0.1, 0.15) is 0 Å². The van der Waals surface area contributed by atoms with Crippen LogP contribution in [-0.4, -0.2) is 6.43 Å². The first-order valence-corrected chi connectivity index (χ1v) is 6.01. The summed E-state index contributed by atoms with van der Waals surface area (Å²) >= 11 is 3.31. The van der Waals surface area contributed by atoms with Gasteiger partial charge in [-0.25, -0.2) is 8.78 Å². The molecule has 1 unspecified atom stereocenters. The predicted molar refractivity (Wildman–Crippen MR) is 60.2 cm³/mol. The first-order chi connectivity index (χ1) is 7.18. The maximum atomic E-state index is 12.9. The molecule has 0 heterocycles. The number of benzene rings is 1. The number of hydrogen-bond acceptors (Lipinski definition) is 0. The average molecular weight is 275 g/mol. The third-order valence-corrected chi connectivity index (χ3v) is 3.71. The summed E-state index contributed by atoms with van der Waals surface area (Å²) < 4.78 is 26.8. The van der Waals surface area contributed by atoms with E-state index in [0.717, 1.165) is 29.3 Å². The molecule has 1 aromatic carbocycles. The van der Waals surface area contributed by atoms with Crippen LogP contribution in [0.1, 0.15) is 30.7 Å². The van der Waals surface area contributed by atoms with E-state index in [1.54, 1.807) is 12.1 Å². The van der Waals surface area contributed by atoms with Crippen molar-refractivity contribution in [3.05, 3.63) is 34.3 Å². The van der Waals surface area contributed by atoms with Crippen molar-refractivity contribution in [2.24, 2.45) is 5.92 Å². The van der Waals surface area contributed by atoms with Crippen molar-refractivity contribution in [3.63, 3.8) is 0 Å². The molecule has 0 amide bonds. The Morgan fingerprint density at radius 3 is 2.13 bits per heavy atom. The van der Waals surface area contributed by atoms with Crippen LogP contribution < -0.4 is 0 Å². The van der Waals surface area contributed by atoms with Crippen LogP contribution in [0.25, 0.3) is 0 Å². The van der Waals surface area contributed by atoms with E-state index in [2.05, 4.69) is 15.9 Å². The Hall–Kier alpha value is -0.440. The van der Waals surface area contributed by atoms with Crippen molar-refractivity contribution in [2.45, 2.75) is 31.6 Å². The van der Waals surface area contributed by atoms with Crippen LogP contribution in [0.2, 0.25) is 0 Å². The Kier molecular flexibility index (Phi) is 3.39. The maximum Gasteiger partial charge on any atom is 0.245 e. The van der Waals surface area contributed by atoms with Gasteiger partial charge in [-0.1, -0.05) is 34.5 Å². The lowest BCUT2D eigenvalue weighted by atomic mass is 9.73. The zero-order chi connectivity index (χ0) is 10.8. The Morgan fingerprint density at radius 1 is 1.13 bits per heavy atom. The summed E-state index contributed by atoms with van der Waals surface area (Å²) in [6, 6.07) is 7.28. The fourth-order valence-electron chi connectivity index (χ4n) is 2.11. The fraction of sp³-hybridized carbons (Fsp3) is 0.500. The van der Waals surface area contributed by atoms with Crippen LogP contribution in [0.4, 0.5) is 8.78 Å². The lowest BCUT2D eigenvalue weighted by Crippen LogP contribution is -2.25. The predicted octanol–water partition coefficient (Wildman–Crippen LogP) is 4.60. The van der Waals surface area contributed by atoms with Crippen LogP contribution >= 0.6 is 15.9 Å². The number of hydrogen-bond donors (Lipinski definition) is 0. The molecule has 82 valence electrons. The van der Waals surface area contributed by atoms with E-state index in [4.69, 9.17) is 0 Å². The van der Waals surface area contributed by atoms with Crippen molar-refractivity contribution in [3.8, 4) is 0 Å². The normalized spacial score (nSPS) is 18.9. The molecule has 2 rings (SSSR count). The van der Waals surface area contributed by atoms with Gasteiger partial charge in [0.25, 0.3) is 0 Å². The monoisotopic (exact) mass is 274 g/mol. The van der Waals surface area contributed by atoms with Crippen molar-refractivity contribution >= 4 is 15.9 Å². The molecule has 1 aliphatic carbocycles. The first kappa shape index (κ1) is 11.1. The van der Waals surface area contributed by atoms with E-state index in [-0.39, 0.29) is 5.92 Å². The molecular formula is C12H13BrF2. The third kappa shape index (κ3) is 2.39. The molecule has 3 heteroatoms. The Labute approximate surface area is 96.8 Å². The first-order valence-electron chi connectivity index (χ1n) is 5.22. The second kappa shape index (κ2) is 4.60. The SMILES string of the molecule is FC(F)C(c1ccc(Br)cc1)C1CCC1. The van der Waals surface area contributed by atoms with E-state index in [1.165, 1.54) is 0 Å². The highest BCUT2D eigenvalue weighted by atomic mass is 79.9. The number of rotatable bonds is 3.